The van der Waals surface area contributed by atoms with Crippen molar-refractivity contribution in [3.63, 3.8) is 0 Å². The molecule has 0 aliphatic heterocycles. The van der Waals surface area contributed by atoms with E-state index in [2.05, 4.69) is 11.1 Å². The monoisotopic (exact) mass is 678 g/mol. The van der Waals surface area contributed by atoms with Gasteiger partial charge in [0.05, 0.1) is 20.6 Å². The number of fused-ring (bicyclic) bond motifs is 6. The Morgan fingerprint density at radius 2 is 1.23 bits per heavy atom. The van der Waals surface area contributed by atoms with E-state index in [4.69, 9.17) is 12.3 Å². The van der Waals surface area contributed by atoms with Gasteiger partial charge in [-0.2, -0.15) is 0 Å². The van der Waals surface area contributed by atoms with Crippen LogP contribution in [0.3, 0.4) is 0 Å². The lowest BCUT2D eigenvalue weighted by molar-refractivity contribution is 0.660. The molecular formula is C50H38N2. The number of aryl methyl sites for hydroxylation is 1. The van der Waals surface area contributed by atoms with E-state index in [1.54, 1.807) is 34.9 Å². The zero-order chi connectivity index (χ0) is 45.4. The number of para-hydroxylation sites is 2. The van der Waals surface area contributed by atoms with Gasteiger partial charge in [0.15, 0.2) is 0 Å². The number of aromatic nitrogens is 2. The standard InChI is InChI=1S/C50H38N2/c1-4-47-51-45-25-11-12-26-46(45)52(47)36-18-14-16-33(30-36)32-15-13-17-34(29-32)48-39-20-5-7-22-41(39)49(42-23-8-6-21-40(42)48)35-27-28-38-37-19-9-10-24-43(37)50(2,3)44(38)31-35/h5-31H,4H2,1-3H3/i1D3,4D2,9D,10D,19D,24D,27D,28D,31D. The Hall–Kier alpha value is -6.25. The molecule has 0 unspecified atom stereocenters. The Bertz CT molecular complexity index is 3420. The molecule has 0 spiro atoms. The third-order valence-corrected chi connectivity index (χ3v) is 10.4. The molecule has 1 aromatic heterocycles. The molecule has 0 radical (unpaired) electrons. The van der Waals surface area contributed by atoms with Crippen LogP contribution in [0.5, 0.6) is 0 Å². The van der Waals surface area contributed by atoms with Crippen LogP contribution >= 0.6 is 0 Å². The lowest BCUT2D eigenvalue weighted by Gasteiger charge is -2.23. The summed E-state index contributed by atoms with van der Waals surface area (Å²) in [6.45, 7) is 0.655. The van der Waals surface area contributed by atoms with Gasteiger partial charge in [0.2, 0.25) is 0 Å². The summed E-state index contributed by atoms with van der Waals surface area (Å²) in [4.78, 5) is 4.50. The minimum atomic E-state index is -2.98. The van der Waals surface area contributed by atoms with Crippen molar-refractivity contribution in [2.75, 3.05) is 0 Å². The van der Waals surface area contributed by atoms with Crippen molar-refractivity contribution in [3.05, 3.63) is 181 Å². The molecule has 0 fully saturated rings. The van der Waals surface area contributed by atoms with Crippen molar-refractivity contribution < 1.29 is 16.4 Å². The van der Waals surface area contributed by atoms with Crippen LogP contribution in [0.4, 0.5) is 0 Å². The fraction of sp³-hybridized carbons (Fsp3) is 0.100. The lowest BCUT2D eigenvalue weighted by Crippen LogP contribution is -2.14. The van der Waals surface area contributed by atoms with E-state index >= 15 is 0 Å². The van der Waals surface area contributed by atoms with Gasteiger partial charge in [-0.25, -0.2) is 4.98 Å². The van der Waals surface area contributed by atoms with Crippen LogP contribution < -0.4 is 0 Å². The SMILES string of the molecule is [2H]c1c([2H])c([2H])c2c(c1[2H])-c1c([2H])c([2H])c(-c3c4ccccc4c(-c4cccc(-c5cccc(-n6c(C([2H])([2H])C([2H])([2H])[2H])nc7ccccc76)c5)c4)c4ccccc34)c([2H])c1C2(C)C. The van der Waals surface area contributed by atoms with Gasteiger partial charge in [-0.15, -0.1) is 0 Å². The molecular weight excluding hydrogens is 629 g/mol. The molecule has 0 atom stereocenters. The molecule has 52 heavy (non-hydrogen) atoms. The first-order valence-corrected chi connectivity index (χ1v) is 17.2. The number of benzene rings is 8. The first-order valence-electron chi connectivity index (χ1n) is 23.2. The summed E-state index contributed by atoms with van der Waals surface area (Å²) >= 11 is 0. The van der Waals surface area contributed by atoms with Gasteiger partial charge < -0.3 is 0 Å². The maximum atomic E-state index is 9.89. The van der Waals surface area contributed by atoms with Gasteiger partial charge in [0, 0.05) is 24.3 Å². The molecule has 10 rings (SSSR count). The Balaban J connectivity index is 1.18. The van der Waals surface area contributed by atoms with Crippen molar-refractivity contribution in [1.29, 1.82) is 0 Å². The van der Waals surface area contributed by atoms with Gasteiger partial charge in [-0.3, -0.25) is 4.57 Å². The molecule has 1 aliphatic rings. The van der Waals surface area contributed by atoms with E-state index in [-0.39, 0.29) is 58.8 Å². The maximum absolute atomic E-state index is 9.89. The number of hydrogen-bond donors (Lipinski definition) is 0. The highest BCUT2D eigenvalue weighted by molar-refractivity contribution is 6.21. The lowest BCUT2D eigenvalue weighted by atomic mass is 9.80. The summed E-state index contributed by atoms with van der Waals surface area (Å²) in [7, 11) is 0. The molecule has 2 heteroatoms. The second kappa shape index (κ2) is 11.6. The molecule has 8 aromatic carbocycles. The van der Waals surface area contributed by atoms with Crippen LogP contribution in [0, 0.1) is 0 Å². The summed E-state index contributed by atoms with van der Waals surface area (Å²) in [5.41, 5.74) is 5.88. The van der Waals surface area contributed by atoms with E-state index in [1.807, 2.05) is 98.8 Å². The Morgan fingerprint density at radius 3 is 1.98 bits per heavy atom. The van der Waals surface area contributed by atoms with E-state index in [0.717, 1.165) is 43.8 Å². The molecule has 2 nitrogen and oxygen atoms in total. The van der Waals surface area contributed by atoms with Gasteiger partial charge in [0.25, 0.3) is 0 Å². The van der Waals surface area contributed by atoms with Crippen molar-refractivity contribution in [1.82, 2.24) is 9.55 Å². The summed E-state index contributed by atoms with van der Waals surface area (Å²) in [6, 6.07) is 36.5. The summed E-state index contributed by atoms with van der Waals surface area (Å²) in [5, 5.41) is 3.20. The molecule has 0 saturated carbocycles. The summed E-state index contributed by atoms with van der Waals surface area (Å²) in [6.07, 6.45) is -2.75. The summed E-state index contributed by atoms with van der Waals surface area (Å²) < 4.78 is 107. The molecule has 9 aromatic rings. The zero-order valence-corrected chi connectivity index (χ0v) is 28.4. The van der Waals surface area contributed by atoms with Crippen LogP contribution in [0.15, 0.2) is 164 Å². The molecule has 0 amide bonds. The summed E-state index contributed by atoms with van der Waals surface area (Å²) in [5.74, 6) is -0.218. The third kappa shape index (κ3) is 4.54. The first kappa shape index (κ1) is 20.6. The fourth-order valence-electron chi connectivity index (χ4n) is 8.04. The van der Waals surface area contributed by atoms with Crippen LogP contribution in [0.1, 0.15) is 54.1 Å². The number of hydrogen-bond acceptors (Lipinski definition) is 1. The quantitative estimate of drug-likeness (QED) is 0.166. The number of rotatable bonds is 5. The largest absolute Gasteiger partial charge is 0.296 e. The fourth-order valence-corrected chi connectivity index (χ4v) is 8.04. The Labute approximate surface area is 321 Å². The Morgan fingerprint density at radius 1 is 0.615 bits per heavy atom. The first-order chi connectivity index (χ1) is 30.4. The predicted octanol–water partition coefficient (Wildman–Crippen LogP) is 13.2. The van der Waals surface area contributed by atoms with Crippen LogP contribution in [0.2, 0.25) is 0 Å². The van der Waals surface area contributed by atoms with Crippen LogP contribution in [-0.4, -0.2) is 9.55 Å². The average molecular weight is 679 g/mol. The van der Waals surface area contributed by atoms with E-state index < -0.39 is 24.7 Å². The molecule has 1 aliphatic carbocycles. The van der Waals surface area contributed by atoms with Crippen molar-refractivity contribution in [2.45, 2.75) is 32.5 Å². The van der Waals surface area contributed by atoms with E-state index in [9.17, 15) is 4.11 Å². The van der Waals surface area contributed by atoms with Gasteiger partial charge in [-0.1, -0.05) is 148 Å². The van der Waals surface area contributed by atoms with Gasteiger partial charge in [-0.05, 0) is 114 Å². The molecule has 248 valence electrons. The Kier molecular flexibility index (Phi) is 4.61. The van der Waals surface area contributed by atoms with Crippen LogP contribution in [-0.2, 0) is 11.8 Å². The number of nitrogens with zero attached hydrogens (tertiary/aromatic N) is 2. The highest BCUT2D eigenvalue weighted by atomic mass is 15.1. The average Bonchev–Trinajstić information content (AvgIpc) is 3.79. The molecule has 1 heterocycles. The molecule has 0 saturated heterocycles. The second-order valence-electron chi connectivity index (χ2n) is 13.7. The highest BCUT2D eigenvalue weighted by Crippen LogP contribution is 2.51. The minimum absolute atomic E-state index is 0.000216. The highest BCUT2D eigenvalue weighted by Gasteiger charge is 2.35. The topological polar surface area (TPSA) is 17.8 Å². The smallest absolute Gasteiger partial charge is 0.114 e. The maximum Gasteiger partial charge on any atom is 0.114 e. The van der Waals surface area contributed by atoms with Crippen molar-refractivity contribution >= 4 is 32.6 Å². The number of imidazole rings is 1. The molecule has 0 bridgehead atoms. The normalized spacial score (nSPS) is 17.0. The van der Waals surface area contributed by atoms with E-state index in [0.29, 0.717) is 33.4 Å². The third-order valence-electron chi connectivity index (χ3n) is 10.4. The van der Waals surface area contributed by atoms with E-state index in [1.165, 1.54) is 0 Å². The minimum Gasteiger partial charge on any atom is -0.296 e. The van der Waals surface area contributed by atoms with Crippen LogP contribution in [0.25, 0.3) is 82.8 Å². The van der Waals surface area contributed by atoms with Crippen molar-refractivity contribution in [3.8, 4) is 50.2 Å². The zero-order valence-electron chi connectivity index (χ0n) is 40.4. The predicted molar refractivity (Wildman–Crippen MR) is 219 cm³/mol. The van der Waals surface area contributed by atoms with Crippen molar-refractivity contribution in [2.24, 2.45) is 0 Å². The van der Waals surface area contributed by atoms with Gasteiger partial charge >= 0.3 is 0 Å². The molecule has 0 N–H and O–H groups in total. The van der Waals surface area contributed by atoms with Gasteiger partial charge in [0.1, 0.15) is 5.82 Å². The second-order valence-corrected chi connectivity index (χ2v) is 13.7.